The lowest BCUT2D eigenvalue weighted by molar-refractivity contribution is 0.0903. The van der Waals surface area contributed by atoms with Crippen LogP contribution in [-0.4, -0.2) is 20.5 Å². The van der Waals surface area contributed by atoms with Gasteiger partial charge in [0.05, 0.1) is 4.90 Å². The monoisotopic (exact) mass is 268 g/mol. The third-order valence-corrected chi connectivity index (χ3v) is 5.66. The molecular formula is C13H20N2O2S. The first kappa shape index (κ1) is 13.5. The molecule has 100 valence electrons. The summed E-state index contributed by atoms with van der Waals surface area (Å²) < 4.78 is 27.4. The van der Waals surface area contributed by atoms with Crippen LogP contribution in [0.1, 0.15) is 25.8 Å². The Morgan fingerprint density at radius 2 is 1.94 bits per heavy atom. The molecule has 0 bridgehead atoms. The molecule has 4 nitrogen and oxygen atoms in total. The quantitative estimate of drug-likeness (QED) is 0.870. The molecule has 1 aliphatic carbocycles. The van der Waals surface area contributed by atoms with Crippen molar-refractivity contribution in [1.29, 1.82) is 0 Å². The van der Waals surface area contributed by atoms with Gasteiger partial charge in [0.25, 0.3) is 0 Å². The van der Waals surface area contributed by atoms with Crippen LogP contribution in [0.4, 0.5) is 0 Å². The third kappa shape index (κ3) is 2.18. The van der Waals surface area contributed by atoms with Gasteiger partial charge in [0.1, 0.15) is 0 Å². The molecule has 0 spiro atoms. The summed E-state index contributed by atoms with van der Waals surface area (Å²) in [6.45, 7) is 5.78. The predicted molar refractivity (Wildman–Crippen MR) is 71.7 cm³/mol. The number of hydrogen-bond acceptors (Lipinski definition) is 3. The van der Waals surface area contributed by atoms with E-state index in [-0.39, 0.29) is 17.5 Å². The first-order chi connectivity index (χ1) is 8.25. The Hall–Kier alpha value is -0.910. The van der Waals surface area contributed by atoms with E-state index in [4.69, 9.17) is 5.73 Å². The smallest absolute Gasteiger partial charge is 0.241 e. The van der Waals surface area contributed by atoms with E-state index in [9.17, 15) is 8.42 Å². The molecule has 2 rings (SSSR count). The molecule has 1 fully saturated rings. The maximum Gasteiger partial charge on any atom is 0.241 e. The summed E-state index contributed by atoms with van der Waals surface area (Å²) in [5, 5.41) is 0. The first-order valence-electron chi connectivity index (χ1n) is 6.08. The van der Waals surface area contributed by atoms with E-state index in [1.165, 1.54) is 0 Å². The number of hydrogen-bond donors (Lipinski definition) is 2. The number of nitrogens with one attached hydrogen (secondary N) is 1. The lowest BCUT2D eigenvalue weighted by Gasteiger charge is -2.50. The average molecular weight is 268 g/mol. The molecule has 5 heteroatoms. The zero-order valence-corrected chi connectivity index (χ0v) is 11.8. The van der Waals surface area contributed by atoms with E-state index in [0.717, 1.165) is 5.56 Å². The van der Waals surface area contributed by atoms with Gasteiger partial charge < -0.3 is 5.73 Å². The minimum absolute atomic E-state index is 0.0575. The number of nitrogens with two attached hydrogens (primary N) is 1. The van der Waals surface area contributed by atoms with Crippen molar-refractivity contribution in [1.82, 2.24) is 4.72 Å². The fraction of sp³-hybridized carbons (Fsp3) is 0.538. The van der Waals surface area contributed by atoms with Crippen LogP contribution in [0.25, 0.3) is 0 Å². The third-order valence-electron chi connectivity index (χ3n) is 4.02. The second-order valence-electron chi connectivity index (χ2n) is 5.60. The highest BCUT2D eigenvalue weighted by Gasteiger charge is 2.47. The molecule has 1 saturated carbocycles. The van der Waals surface area contributed by atoms with Gasteiger partial charge >= 0.3 is 0 Å². The molecule has 0 heterocycles. The molecule has 2 unspecified atom stereocenters. The molecule has 0 aromatic heterocycles. The molecule has 18 heavy (non-hydrogen) atoms. The summed E-state index contributed by atoms with van der Waals surface area (Å²) in [4.78, 5) is 0.348. The van der Waals surface area contributed by atoms with Crippen LogP contribution in [0.15, 0.2) is 29.2 Å². The Labute approximate surface area is 109 Å². The van der Waals surface area contributed by atoms with Crippen LogP contribution in [0.5, 0.6) is 0 Å². The van der Waals surface area contributed by atoms with Gasteiger partial charge in [-0.05, 0) is 30.4 Å². The Balaban J connectivity index is 2.22. The molecule has 1 aliphatic rings. The standard InChI is InChI=1S/C13H20N2O2S/c1-9-6-4-5-7-10(9)18(16,17)15-12-8-11(14)13(12,2)3/h4-7,11-12,15H,8,14H2,1-3H3. The van der Waals surface area contributed by atoms with E-state index in [0.29, 0.717) is 11.3 Å². The van der Waals surface area contributed by atoms with Crippen LogP contribution in [-0.2, 0) is 10.0 Å². The van der Waals surface area contributed by atoms with Crippen molar-refractivity contribution < 1.29 is 8.42 Å². The zero-order chi connectivity index (χ0) is 13.6. The Morgan fingerprint density at radius 3 is 2.44 bits per heavy atom. The Morgan fingerprint density at radius 1 is 1.33 bits per heavy atom. The number of aryl methyl sites for hydroxylation is 1. The van der Waals surface area contributed by atoms with Gasteiger partial charge in [0, 0.05) is 12.1 Å². The van der Waals surface area contributed by atoms with Gasteiger partial charge in [-0.25, -0.2) is 13.1 Å². The van der Waals surface area contributed by atoms with Gasteiger partial charge in [-0.3, -0.25) is 0 Å². The molecule has 0 aliphatic heterocycles. The van der Waals surface area contributed by atoms with Crippen molar-refractivity contribution in [3.8, 4) is 0 Å². The lowest BCUT2D eigenvalue weighted by Crippen LogP contribution is -2.64. The van der Waals surface area contributed by atoms with Crippen molar-refractivity contribution in [2.24, 2.45) is 11.1 Å². The van der Waals surface area contributed by atoms with E-state index >= 15 is 0 Å². The molecule has 3 N–H and O–H groups in total. The number of sulfonamides is 1. The Bertz CT molecular complexity index is 552. The summed E-state index contributed by atoms with van der Waals surface area (Å²) in [6.07, 6.45) is 0.693. The van der Waals surface area contributed by atoms with E-state index < -0.39 is 10.0 Å². The summed E-state index contributed by atoms with van der Waals surface area (Å²) in [6, 6.07) is 6.96. The molecular weight excluding hydrogens is 248 g/mol. The largest absolute Gasteiger partial charge is 0.327 e. The van der Waals surface area contributed by atoms with Crippen LogP contribution in [0.3, 0.4) is 0 Å². The molecule has 0 amide bonds. The zero-order valence-electron chi connectivity index (χ0n) is 11.0. The summed E-state index contributed by atoms with van der Waals surface area (Å²) in [7, 11) is -3.45. The topological polar surface area (TPSA) is 72.2 Å². The van der Waals surface area contributed by atoms with Gasteiger partial charge in [-0.15, -0.1) is 0 Å². The van der Waals surface area contributed by atoms with Crippen molar-refractivity contribution in [3.63, 3.8) is 0 Å². The average Bonchev–Trinajstić information content (AvgIpc) is 2.29. The minimum Gasteiger partial charge on any atom is -0.327 e. The van der Waals surface area contributed by atoms with Gasteiger partial charge in [-0.2, -0.15) is 0 Å². The van der Waals surface area contributed by atoms with Crippen molar-refractivity contribution in [3.05, 3.63) is 29.8 Å². The second kappa shape index (κ2) is 4.33. The highest BCUT2D eigenvalue weighted by Crippen LogP contribution is 2.39. The fourth-order valence-corrected chi connectivity index (χ4v) is 3.92. The summed E-state index contributed by atoms with van der Waals surface area (Å²) in [5.74, 6) is 0. The molecule has 1 aromatic carbocycles. The maximum atomic E-state index is 12.3. The van der Waals surface area contributed by atoms with Crippen molar-refractivity contribution in [2.75, 3.05) is 0 Å². The van der Waals surface area contributed by atoms with Crippen LogP contribution in [0, 0.1) is 12.3 Å². The summed E-state index contributed by atoms with van der Waals surface area (Å²) >= 11 is 0. The molecule has 2 atom stereocenters. The van der Waals surface area contributed by atoms with E-state index in [1.54, 1.807) is 25.1 Å². The minimum atomic E-state index is -3.45. The van der Waals surface area contributed by atoms with E-state index in [2.05, 4.69) is 4.72 Å². The second-order valence-corrected chi connectivity index (χ2v) is 7.29. The van der Waals surface area contributed by atoms with E-state index in [1.807, 2.05) is 19.9 Å². The maximum absolute atomic E-state index is 12.3. The molecule has 0 saturated heterocycles. The van der Waals surface area contributed by atoms with Crippen LogP contribution in [0.2, 0.25) is 0 Å². The lowest BCUT2D eigenvalue weighted by atomic mass is 9.64. The highest BCUT2D eigenvalue weighted by molar-refractivity contribution is 7.89. The highest BCUT2D eigenvalue weighted by atomic mass is 32.2. The van der Waals surface area contributed by atoms with Crippen molar-refractivity contribution >= 4 is 10.0 Å². The molecule has 0 radical (unpaired) electrons. The SMILES string of the molecule is Cc1ccccc1S(=O)(=O)NC1CC(N)C1(C)C. The first-order valence-corrected chi connectivity index (χ1v) is 7.57. The normalized spacial score (nSPS) is 26.7. The Kier molecular flexibility index (Phi) is 3.25. The van der Waals surface area contributed by atoms with Gasteiger partial charge in [0.2, 0.25) is 10.0 Å². The van der Waals surface area contributed by atoms with Crippen LogP contribution < -0.4 is 10.5 Å². The fourth-order valence-electron chi connectivity index (χ4n) is 2.27. The van der Waals surface area contributed by atoms with Crippen LogP contribution >= 0.6 is 0 Å². The number of benzene rings is 1. The predicted octanol–water partition coefficient (Wildman–Crippen LogP) is 1.40. The summed E-state index contributed by atoms with van der Waals surface area (Å²) in [5.41, 5.74) is 6.47. The van der Waals surface area contributed by atoms with Gasteiger partial charge in [-0.1, -0.05) is 32.0 Å². The molecule has 1 aromatic rings. The number of rotatable bonds is 3. The van der Waals surface area contributed by atoms with Gasteiger partial charge in [0.15, 0.2) is 0 Å². The van der Waals surface area contributed by atoms with Crippen molar-refractivity contribution in [2.45, 2.75) is 44.2 Å².